The summed E-state index contributed by atoms with van der Waals surface area (Å²) in [6.45, 7) is 1.81. The predicted octanol–water partition coefficient (Wildman–Crippen LogP) is 5.91. The Bertz CT molecular complexity index is 1390. The van der Waals surface area contributed by atoms with Crippen LogP contribution in [-0.2, 0) is 4.79 Å². The summed E-state index contributed by atoms with van der Waals surface area (Å²) >= 11 is 1.36. The number of hydrogen-bond acceptors (Lipinski definition) is 4. The molecule has 0 fully saturated rings. The van der Waals surface area contributed by atoms with Crippen LogP contribution in [0.5, 0.6) is 0 Å². The zero-order valence-corrected chi connectivity index (χ0v) is 19.1. The minimum absolute atomic E-state index is 0.0653. The topological polar surface area (TPSA) is 95.5 Å². The third-order valence-corrected chi connectivity index (χ3v) is 6.29. The van der Waals surface area contributed by atoms with Gasteiger partial charge in [-0.15, -0.1) is 11.8 Å². The van der Waals surface area contributed by atoms with Crippen molar-refractivity contribution in [3.8, 4) is 0 Å². The molecule has 4 aromatic carbocycles. The van der Waals surface area contributed by atoms with Gasteiger partial charge in [-0.2, -0.15) is 0 Å². The first-order valence-corrected chi connectivity index (χ1v) is 11.5. The smallest absolute Gasteiger partial charge is 0.336 e. The molecule has 7 heteroatoms. The monoisotopic (exact) mass is 470 g/mol. The summed E-state index contributed by atoms with van der Waals surface area (Å²) in [7, 11) is 0. The van der Waals surface area contributed by atoms with Crippen LogP contribution in [-0.4, -0.2) is 28.1 Å². The number of carboxylic acid groups (broad SMARTS) is 1. The standard InChI is InChI=1S/C27H22N2O4S/c1-17(25(30)28-21-14-13-18-7-2-3-8-19(18)15-21)34-22-10-6-9-20(16-22)29-26(31)23-11-4-5-12-24(23)27(32)33/h2-17H,1H3,(H,28,30)(H,29,31)(H,32,33). The van der Waals surface area contributed by atoms with Crippen LogP contribution < -0.4 is 10.6 Å². The molecule has 3 N–H and O–H groups in total. The van der Waals surface area contributed by atoms with Gasteiger partial charge in [0.25, 0.3) is 5.91 Å². The Morgan fingerprint density at radius 1 is 0.735 bits per heavy atom. The van der Waals surface area contributed by atoms with Crippen LogP contribution in [0.4, 0.5) is 11.4 Å². The molecule has 0 aromatic heterocycles. The zero-order valence-electron chi connectivity index (χ0n) is 18.3. The van der Waals surface area contributed by atoms with Gasteiger partial charge in [-0.1, -0.05) is 48.5 Å². The molecule has 0 aliphatic rings. The second kappa shape index (κ2) is 10.2. The Hall–Kier alpha value is -4.10. The molecule has 0 heterocycles. The number of thioether (sulfide) groups is 1. The fourth-order valence-corrected chi connectivity index (χ4v) is 4.41. The van der Waals surface area contributed by atoms with Crippen molar-refractivity contribution in [1.29, 1.82) is 0 Å². The minimum atomic E-state index is -1.17. The Morgan fingerprint density at radius 3 is 2.18 bits per heavy atom. The number of hydrogen-bond donors (Lipinski definition) is 3. The number of benzene rings is 4. The van der Waals surface area contributed by atoms with Crippen LogP contribution in [0.3, 0.4) is 0 Å². The Balaban J connectivity index is 1.41. The maximum absolute atomic E-state index is 12.7. The average molecular weight is 471 g/mol. The number of nitrogens with one attached hydrogen (secondary N) is 2. The SMILES string of the molecule is CC(Sc1cccc(NC(=O)c2ccccc2C(=O)O)c1)C(=O)Nc1ccc2ccccc2c1. The van der Waals surface area contributed by atoms with E-state index in [0.717, 1.165) is 21.4 Å². The largest absolute Gasteiger partial charge is 0.478 e. The quantitative estimate of drug-likeness (QED) is 0.292. The molecule has 1 atom stereocenters. The number of fused-ring (bicyclic) bond motifs is 1. The van der Waals surface area contributed by atoms with Crippen molar-refractivity contribution in [2.24, 2.45) is 0 Å². The van der Waals surface area contributed by atoms with E-state index in [4.69, 9.17) is 0 Å². The highest BCUT2D eigenvalue weighted by Gasteiger charge is 2.17. The van der Waals surface area contributed by atoms with Crippen molar-refractivity contribution in [3.63, 3.8) is 0 Å². The van der Waals surface area contributed by atoms with Gasteiger partial charge in [-0.3, -0.25) is 9.59 Å². The van der Waals surface area contributed by atoms with E-state index < -0.39 is 11.9 Å². The summed E-state index contributed by atoms with van der Waals surface area (Å²) in [6.07, 6.45) is 0. The van der Waals surface area contributed by atoms with Gasteiger partial charge in [0, 0.05) is 16.3 Å². The molecule has 34 heavy (non-hydrogen) atoms. The molecular weight excluding hydrogens is 448 g/mol. The maximum atomic E-state index is 12.7. The van der Waals surface area contributed by atoms with E-state index >= 15 is 0 Å². The molecule has 0 aliphatic heterocycles. The lowest BCUT2D eigenvalue weighted by Crippen LogP contribution is -2.22. The molecule has 0 saturated heterocycles. The third kappa shape index (κ3) is 5.44. The van der Waals surface area contributed by atoms with Crippen LogP contribution in [0.2, 0.25) is 0 Å². The highest BCUT2D eigenvalue weighted by atomic mass is 32.2. The molecule has 0 radical (unpaired) electrons. The number of carboxylic acids is 1. The molecule has 4 rings (SSSR count). The Morgan fingerprint density at radius 2 is 1.41 bits per heavy atom. The molecule has 0 saturated carbocycles. The number of amides is 2. The molecule has 6 nitrogen and oxygen atoms in total. The number of carbonyl (C=O) groups excluding carboxylic acids is 2. The fourth-order valence-electron chi connectivity index (χ4n) is 3.48. The highest BCUT2D eigenvalue weighted by Crippen LogP contribution is 2.27. The van der Waals surface area contributed by atoms with Gasteiger partial charge in [0.05, 0.1) is 16.4 Å². The van der Waals surface area contributed by atoms with Gasteiger partial charge < -0.3 is 15.7 Å². The van der Waals surface area contributed by atoms with Gasteiger partial charge in [-0.05, 0) is 60.2 Å². The van der Waals surface area contributed by atoms with E-state index in [1.165, 1.54) is 23.9 Å². The Labute approximate surface area is 201 Å². The predicted molar refractivity (Wildman–Crippen MR) is 136 cm³/mol. The van der Waals surface area contributed by atoms with Gasteiger partial charge in [0.1, 0.15) is 0 Å². The highest BCUT2D eigenvalue weighted by molar-refractivity contribution is 8.00. The molecule has 170 valence electrons. The van der Waals surface area contributed by atoms with E-state index in [0.29, 0.717) is 5.69 Å². The second-order valence-corrected chi connectivity index (χ2v) is 9.06. The summed E-state index contributed by atoms with van der Waals surface area (Å²) < 4.78 is 0. The van der Waals surface area contributed by atoms with Crippen molar-refractivity contribution in [2.75, 3.05) is 10.6 Å². The van der Waals surface area contributed by atoms with Crippen LogP contribution in [0.25, 0.3) is 10.8 Å². The molecule has 0 spiro atoms. The van der Waals surface area contributed by atoms with E-state index in [1.807, 2.05) is 55.5 Å². The molecule has 0 aliphatic carbocycles. The second-order valence-electron chi connectivity index (χ2n) is 7.64. The number of anilines is 2. The first-order valence-electron chi connectivity index (χ1n) is 10.6. The van der Waals surface area contributed by atoms with Crippen molar-refractivity contribution < 1.29 is 19.5 Å². The summed E-state index contributed by atoms with van der Waals surface area (Å²) in [5.74, 6) is -1.81. The van der Waals surface area contributed by atoms with Crippen LogP contribution in [0.15, 0.2) is 95.9 Å². The maximum Gasteiger partial charge on any atom is 0.336 e. The van der Waals surface area contributed by atoms with Gasteiger partial charge in [-0.25, -0.2) is 4.79 Å². The number of rotatable bonds is 7. The number of aromatic carboxylic acids is 1. The van der Waals surface area contributed by atoms with Crippen LogP contribution in [0, 0.1) is 0 Å². The molecular formula is C27H22N2O4S. The summed E-state index contributed by atoms with van der Waals surface area (Å²) in [5.41, 5.74) is 1.26. The van der Waals surface area contributed by atoms with Gasteiger partial charge in [0.15, 0.2) is 0 Å². The van der Waals surface area contributed by atoms with Crippen molar-refractivity contribution >= 4 is 51.7 Å². The lowest BCUT2D eigenvalue weighted by atomic mass is 10.1. The van der Waals surface area contributed by atoms with E-state index in [2.05, 4.69) is 10.6 Å². The van der Waals surface area contributed by atoms with Gasteiger partial charge >= 0.3 is 5.97 Å². The minimum Gasteiger partial charge on any atom is -0.478 e. The first-order chi connectivity index (χ1) is 16.4. The molecule has 4 aromatic rings. The Kier molecular flexibility index (Phi) is 6.94. The fraction of sp³-hybridized carbons (Fsp3) is 0.0741. The molecule has 0 bridgehead atoms. The van der Waals surface area contributed by atoms with E-state index in [-0.39, 0.29) is 22.3 Å². The van der Waals surface area contributed by atoms with Crippen molar-refractivity contribution in [3.05, 3.63) is 102 Å². The lowest BCUT2D eigenvalue weighted by molar-refractivity contribution is -0.115. The molecule has 1 unspecified atom stereocenters. The van der Waals surface area contributed by atoms with E-state index in [9.17, 15) is 19.5 Å². The van der Waals surface area contributed by atoms with E-state index in [1.54, 1.807) is 30.3 Å². The van der Waals surface area contributed by atoms with Crippen molar-refractivity contribution in [2.45, 2.75) is 17.1 Å². The van der Waals surface area contributed by atoms with Crippen LogP contribution in [0.1, 0.15) is 27.6 Å². The molecule has 2 amide bonds. The van der Waals surface area contributed by atoms with Crippen molar-refractivity contribution in [1.82, 2.24) is 0 Å². The third-order valence-electron chi connectivity index (χ3n) is 5.19. The number of carbonyl (C=O) groups is 3. The summed E-state index contributed by atoms with van der Waals surface area (Å²) in [4.78, 5) is 37.6. The summed E-state index contributed by atoms with van der Waals surface area (Å²) in [6, 6.07) is 26.9. The normalized spacial score (nSPS) is 11.6. The van der Waals surface area contributed by atoms with Gasteiger partial charge in [0.2, 0.25) is 5.91 Å². The zero-order chi connectivity index (χ0) is 24.1. The summed E-state index contributed by atoms with van der Waals surface area (Å²) in [5, 5.41) is 16.8. The first kappa shape index (κ1) is 23.1. The average Bonchev–Trinajstić information content (AvgIpc) is 2.84. The lowest BCUT2D eigenvalue weighted by Gasteiger charge is -2.14. The van der Waals surface area contributed by atoms with Crippen LogP contribution >= 0.6 is 11.8 Å².